The van der Waals surface area contributed by atoms with Crippen LogP contribution in [0.3, 0.4) is 0 Å². The topological polar surface area (TPSA) is 50.7 Å². The van der Waals surface area contributed by atoms with Crippen molar-refractivity contribution in [1.29, 1.82) is 0 Å². The molecule has 1 aromatic carbocycles. The Kier molecular flexibility index (Phi) is 3.42. The number of nitrogens with zero attached hydrogens (tertiary/aromatic N) is 1. The van der Waals surface area contributed by atoms with E-state index in [1.807, 2.05) is 6.92 Å². The quantitative estimate of drug-likeness (QED) is 0.639. The number of hydrogen-bond acceptors (Lipinski definition) is 3. The molecule has 0 aromatic heterocycles. The van der Waals surface area contributed by atoms with Crippen molar-refractivity contribution in [2.24, 2.45) is 11.0 Å². The third-order valence-electron chi connectivity index (χ3n) is 2.83. The summed E-state index contributed by atoms with van der Waals surface area (Å²) in [7, 11) is 1.58. The molecule has 1 N–H and O–H groups in total. The number of rotatable bonds is 4. The molecule has 0 aliphatic heterocycles. The lowest BCUT2D eigenvalue weighted by Crippen LogP contribution is -2.19. The Morgan fingerprint density at radius 1 is 1.47 bits per heavy atom. The summed E-state index contributed by atoms with van der Waals surface area (Å²) in [4.78, 5) is 11.8. The molecule has 0 radical (unpaired) electrons. The number of amides is 1. The van der Waals surface area contributed by atoms with Gasteiger partial charge in [0.25, 0.3) is 5.91 Å². The molecule has 0 unspecified atom stereocenters. The molecular weight excluding hydrogens is 216 g/mol. The number of carbonyl (C=O) groups is 1. The van der Waals surface area contributed by atoms with Gasteiger partial charge in [-0.05, 0) is 43.9 Å². The van der Waals surface area contributed by atoms with Gasteiger partial charge in [-0.1, -0.05) is 6.07 Å². The van der Waals surface area contributed by atoms with Gasteiger partial charge in [0.05, 0.1) is 7.11 Å². The highest BCUT2D eigenvalue weighted by molar-refractivity contribution is 5.96. The Morgan fingerprint density at radius 2 is 2.24 bits per heavy atom. The van der Waals surface area contributed by atoms with Gasteiger partial charge in [0, 0.05) is 11.3 Å². The number of ether oxygens (including phenoxy) is 1. The van der Waals surface area contributed by atoms with Gasteiger partial charge in [-0.15, -0.1) is 0 Å². The van der Waals surface area contributed by atoms with Crippen molar-refractivity contribution in [2.75, 3.05) is 7.11 Å². The minimum Gasteiger partial charge on any atom is -0.497 e. The Balaban J connectivity index is 2.01. The molecule has 17 heavy (non-hydrogen) atoms. The van der Waals surface area contributed by atoms with Crippen LogP contribution in [-0.4, -0.2) is 18.7 Å². The highest BCUT2D eigenvalue weighted by atomic mass is 16.5. The smallest absolute Gasteiger partial charge is 0.271 e. The maximum atomic E-state index is 11.8. The molecule has 4 heteroatoms. The van der Waals surface area contributed by atoms with Crippen LogP contribution in [0.25, 0.3) is 0 Å². The fourth-order valence-corrected chi connectivity index (χ4v) is 1.56. The molecular formula is C13H16N2O2. The summed E-state index contributed by atoms with van der Waals surface area (Å²) in [5.74, 6) is 1.03. The second kappa shape index (κ2) is 4.99. The molecule has 0 spiro atoms. The SMILES string of the molecule is COc1cccc(C(=O)NN=C(C)C2CC2)c1. The van der Waals surface area contributed by atoms with Crippen molar-refractivity contribution in [3.8, 4) is 5.75 Å². The predicted molar refractivity (Wildman–Crippen MR) is 66.3 cm³/mol. The molecule has 1 saturated carbocycles. The Morgan fingerprint density at radius 3 is 2.88 bits per heavy atom. The Bertz CT molecular complexity index is 450. The van der Waals surface area contributed by atoms with Crippen LogP contribution in [0, 0.1) is 5.92 Å². The average Bonchev–Trinajstić information content (AvgIpc) is 3.19. The van der Waals surface area contributed by atoms with Crippen molar-refractivity contribution < 1.29 is 9.53 Å². The number of nitrogens with one attached hydrogen (secondary N) is 1. The first-order valence-electron chi connectivity index (χ1n) is 5.69. The molecule has 2 rings (SSSR count). The molecule has 1 fully saturated rings. The van der Waals surface area contributed by atoms with Gasteiger partial charge < -0.3 is 4.74 Å². The molecule has 0 atom stereocenters. The molecule has 0 heterocycles. The van der Waals surface area contributed by atoms with Gasteiger partial charge in [-0.2, -0.15) is 5.10 Å². The fraction of sp³-hybridized carbons (Fsp3) is 0.385. The second-order valence-corrected chi connectivity index (χ2v) is 4.20. The minimum atomic E-state index is -0.205. The third kappa shape index (κ3) is 3.06. The van der Waals surface area contributed by atoms with E-state index in [2.05, 4.69) is 10.5 Å². The number of hydrogen-bond donors (Lipinski definition) is 1. The molecule has 1 aromatic rings. The van der Waals surface area contributed by atoms with Crippen LogP contribution in [0.4, 0.5) is 0 Å². The van der Waals surface area contributed by atoms with Crippen molar-refractivity contribution in [3.63, 3.8) is 0 Å². The van der Waals surface area contributed by atoms with E-state index in [0.717, 1.165) is 5.71 Å². The van der Waals surface area contributed by atoms with Gasteiger partial charge in [-0.3, -0.25) is 4.79 Å². The normalized spacial score (nSPS) is 15.5. The van der Waals surface area contributed by atoms with Gasteiger partial charge in [0.1, 0.15) is 5.75 Å². The van der Waals surface area contributed by atoms with Crippen LogP contribution >= 0.6 is 0 Å². The van der Waals surface area contributed by atoms with E-state index >= 15 is 0 Å². The fourth-order valence-electron chi connectivity index (χ4n) is 1.56. The monoisotopic (exact) mass is 232 g/mol. The summed E-state index contributed by atoms with van der Waals surface area (Å²) in [6.07, 6.45) is 2.37. The maximum absolute atomic E-state index is 11.8. The standard InChI is InChI=1S/C13H16N2O2/c1-9(10-6-7-10)14-15-13(16)11-4-3-5-12(8-11)17-2/h3-5,8,10H,6-7H2,1-2H3,(H,15,16). The van der Waals surface area contributed by atoms with E-state index in [9.17, 15) is 4.79 Å². The lowest BCUT2D eigenvalue weighted by Gasteiger charge is -2.04. The van der Waals surface area contributed by atoms with Crippen LogP contribution in [0.15, 0.2) is 29.4 Å². The van der Waals surface area contributed by atoms with Crippen LogP contribution in [0.2, 0.25) is 0 Å². The van der Waals surface area contributed by atoms with Crippen LogP contribution in [0.1, 0.15) is 30.1 Å². The largest absolute Gasteiger partial charge is 0.497 e. The zero-order valence-electron chi connectivity index (χ0n) is 10.1. The molecule has 0 bridgehead atoms. The van der Waals surface area contributed by atoms with E-state index in [1.165, 1.54) is 12.8 Å². The predicted octanol–water partition coefficient (Wildman–Crippen LogP) is 2.21. The zero-order chi connectivity index (χ0) is 12.3. The molecule has 4 nitrogen and oxygen atoms in total. The average molecular weight is 232 g/mol. The summed E-state index contributed by atoms with van der Waals surface area (Å²) in [5, 5.41) is 4.09. The Hall–Kier alpha value is -1.84. The lowest BCUT2D eigenvalue weighted by atomic mass is 10.2. The molecule has 1 aliphatic carbocycles. The first-order chi connectivity index (χ1) is 8.20. The van der Waals surface area contributed by atoms with Crippen molar-refractivity contribution in [3.05, 3.63) is 29.8 Å². The number of hydrazone groups is 1. The van der Waals surface area contributed by atoms with Crippen molar-refractivity contribution >= 4 is 11.6 Å². The number of methoxy groups -OCH3 is 1. The van der Waals surface area contributed by atoms with Gasteiger partial charge in [0.15, 0.2) is 0 Å². The number of benzene rings is 1. The highest BCUT2D eigenvalue weighted by Crippen LogP contribution is 2.30. The minimum absolute atomic E-state index is 0.205. The van der Waals surface area contributed by atoms with E-state index < -0.39 is 0 Å². The van der Waals surface area contributed by atoms with E-state index in [-0.39, 0.29) is 5.91 Å². The molecule has 1 amide bonds. The van der Waals surface area contributed by atoms with Gasteiger partial charge in [0.2, 0.25) is 0 Å². The van der Waals surface area contributed by atoms with Crippen LogP contribution in [0.5, 0.6) is 5.75 Å². The lowest BCUT2D eigenvalue weighted by molar-refractivity contribution is 0.0954. The van der Waals surface area contributed by atoms with Crippen molar-refractivity contribution in [2.45, 2.75) is 19.8 Å². The third-order valence-corrected chi connectivity index (χ3v) is 2.83. The molecule has 1 aliphatic rings. The molecule has 90 valence electrons. The first-order valence-corrected chi connectivity index (χ1v) is 5.69. The van der Waals surface area contributed by atoms with Gasteiger partial charge in [-0.25, -0.2) is 5.43 Å². The summed E-state index contributed by atoms with van der Waals surface area (Å²) in [6, 6.07) is 7.01. The second-order valence-electron chi connectivity index (χ2n) is 4.20. The summed E-state index contributed by atoms with van der Waals surface area (Å²) < 4.78 is 5.06. The van der Waals surface area contributed by atoms with E-state index in [0.29, 0.717) is 17.2 Å². The van der Waals surface area contributed by atoms with E-state index in [1.54, 1.807) is 31.4 Å². The van der Waals surface area contributed by atoms with Crippen LogP contribution < -0.4 is 10.2 Å². The first kappa shape index (κ1) is 11.6. The zero-order valence-corrected chi connectivity index (χ0v) is 10.1. The maximum Gasteiger partial charge on any atom is 0.271 e. The summed E-state index contributed by atoms with van der Waals surface area (Å²) in [5.41, 5.74) is 4.12. The van der Waals surface area contributed by atoms with Gasteiger partial charge >= 0.3 is 0 Å². The number of carbonyl (C=O) groups excluding carboxylic acids is 1. The summed E-state index contributed by atoms with van der Waals surface area (Å²) >= 11 is 0. The Labute approximate surface area is 101 Å². The highest BCUT2D eigenvalue weighted by Gasteiger charge is 2.24. The van der Waals surface area contributed by atoms with Crippen molar-refractivity contribution in [1.82, 2.24) is 5.43 Å². The molecule has 0 saturated heterocycles. The van der Waals surface area contributed by atoms with Crippen LogP contribution in [-0.2, 0) is 0 Å². The van der Waals surface area contributed by atoms with E-state index in [4.69, 9.17) is 4.74 Å². The summed E-state index contributed by atoms with van der Waals surface area (Å²) in [6.45, 7) is 1.95.